The molecule has 0 bridgehead atoms. The zero-order valence-electron chi connectivity index (χ0n) is 12.3. The van der Waals surface area contributed by atoms with Crippen molar-refractivity contribution in [2.24, 2.45) is 13.0 Å². The molecule has 1 aliphatic carbocycles. The summed E-state index contributed by atoms with van der Waals surface area (Å²) in [5.41, 5.74) is 1.70. The number of nitrogens with one attached hydrogen (secondary N) is 1. The van der Waals surface area contributed by atoms with Crippen molar-refractivity contribution in [2.45, 2.75) is 12.8 Å². The topological polar surface area (TPSA) is 85.2 Å². The summed E-state index contributed by atoms with van der Waals surface area (Å²) in [5.74, 6) is 0.0529. The standard InChI is InChI=1S/C15H18N2O4S/c1-17-8-13(11-3-2-4-12(11)15(17)19)14(18)16-7-10-5-6-22(20,21)9-10/h2-3,8,10H,4-7,9H2,1H3,(H,16,18). The molecule has 1 aromatic rings. The van der Waals surface area contributed by atoms with Crippen molar-refractivity contribution >= 4 is 21.8 Å². The van der Waals surface area contributed by atoms with Gasteiger partial charge in [-0.1, -0.05) is 12.2 Å². The van der Waals surface area contributed by atoms with E-state index in [4.69, 9.17) is 0 Å². The Bertz CT molecular complexity index is 821. The summed E-state index contributed by atoms with van der Waals surface area (Å²) in [6.45, 7) is 0.347. The second-order valence-electron chi connectivity index (χ2n) is 5.94. The highest BCUT2D eigenvalue weighted by atomic mass is 32.2. The van der Waals surface area contributed by atoms with Gasteiger partial charge in [-0.3, -0.25) is 9.59 Å². The van der Waals surface area contributed by atoms with Crippen LogP contribution >= 0.6 is 0 Å². The minimum Gasteiger partial charge on any atom is -0.352 e. The highest BCUT2D eigenvalue weighted by molar-refractivity contribution is 7.91. The molecule has 0 radical (unpaired) electrons. The molecule has 1 atom stereocenters. The van der Waals surface area contributed by atoms with E-state index in [1.54, 1.807) is 13.1 Å². The van der Waals surface area contributed by atoms with Crippen LogP contribution in [0.15, 0.2) is 17.1 Å². The molecule has 1 aromatic heterocycles. The van der Waals surface area contributed by atoms with E-state index in [0.717, 1.165) is 0 Å². The lowest BCUT2D eigenvalue weighted by Crippen LogP contribution is -2.32. The van der Waals surface area contributed by atoms with Crippen LogP contribution in [0.1, 0.15) is 27.9 Å². The first kappa shape index (κ1) is 15.0. The molecule has 2 heterocycles. The number of rotatable bonds is 3. The van der Waals surface area contributed by atoms with Crippen LogP contribution in [0.2, 0.25) is 0 Å². The summed E-state index contributed by atoms with van der Waals surface area (Å²) < 4.78 is 24.3. The SMILES string of the molecule is Cn1cc(C(=O)NCC2CCS(=O)(=O)C2)c2c(c1=O)CC=C2. The van der Waals surface area contributed by atoms with Gasteiger partial charge in [-0.15, -0.1) is 0 Å². The number of hydrogen-bond donors (Lipinski definition) is 1. The van der Waals surface area contributed by atoms with Gasteiger partial charge in [0.25, 0.3) is 11.5 Å². The maximum absolute atomic E-state index is 12.4. The Morgan fingerprint density at radius 1 is 1.45 bits per heavy atom. The van der Waals surface area contributed by atoms with E-state index in [1.807, 2.05) is 6.08 Å². The number of carbonyl (C=O) groups excluding carboxylic acids is 1. The van der Waals surface area contributed by atoms with Crippen molar-refractivity contribution in [2.75, 3.05) is 18.1 Å². The Balaban J connectivity index is 1.76. The normalized spacial score (nSPS) is 21.8. The second kappa shape index (κ2) is 5.39. The zero-order chi connectivity index (χ0) is 15.9. The van der Waals surface area contributed by atoms with Crippen molar-refractivity contribution in [1.82, 2.24) is 9.88 Å². The fraction of sp³-hybridized carbons (Fsp3) is 0.467. The van der Waals surface area contributed by atoms with Crippen molar-refractivity contribution in [3.8, 4) is 0 Å². The monoisotopic (exact) mass is 322 g/mol. The first-order chi connectivity index (χ1) is 10.4. The molecule has 1 fully saturated rings. The lowest BCUT2D eigenvalue weighted by molar-refractivity contribution is 0.0947. The van der Waals surface area contributed by atoms with Crippen LogP contribution < -0.4 is 10.9 Å². The smallest absolute Gasteiger partial charge is 0.254 e. The maximum atomic E-state index is 12.4. The number of hydrogen-bond acceptors (Lipinski definition) is 4. The van der Waals surface area contributed by atoms with E-state index in [2.05, 4.69) is 5.32 Å². The van der Waals surface area contributed by atoms with E-state index >= 15 is 0 Å². The average molecular weight is 322 g/mol. The van der Waals surface area contributed by atoms with Crippen molar-refractivity contribution in [1.29, 1.82) is 0 Å². The Morgan fingerprint density at radius 3 is 2.91 bits per heavy atom. The third-order valence-corrected chi connectivity index (χ3v) is 6.08. The summed E-state index contributed by atoms with van der Waals surface area (Å²) in [5, 5.41) is 2.80. The molecule has 22 heavy (non-hydrogen) atoms. The summed E-state index contributed by atoms with van der Waals surface area (Å²) in [6.07, 6.45) is 6.34. The molecule has 2 aliphatic rings. The fourth-order valence-electron chi connectivity index (χ4n) is 3.04. The van der Waals surface area contributed by atoms with Gasteiger partial charge in [0, 0.05) is 25.4 Å². The summed E-state index contributed by atoms with van der Waals surface area (Å²) >= 11 is 0. The van der Waals surface area contributed by atoms with Crippen LogP contribution in [0.3, 0.4) is 0 Å². The number of nitrogens with zero attached hydrogens (tertiary/aromatic N) is 1. The summed E-state index contributed by atoms with van der Waals surface area (Å²) in [6, 6.07) is 0. The van der Waals surface area contributed by atoms with Gasteiger partial charge < -0.3 is 9.88 Å². The van der Waals surface area contributed by atoms with Crippen molar-refractivity contribution in [3.05, 3.63) is 39.3 Å². The predicted molar refractivity (Wildman–Crippen MR) is 83.5 cm³/mol. The van der Waals surface area contributed by atoms with E-state index in [-0.39, 0.29) is 28.9 Å². The summed E-state index contributed by atoms with van der Waals surface area (Å²) in [4.78, 5) is 24.4. The molecule has 1 amide bonds. The molecule has 7 heteroatoms. The minimum absolute atomic E-state index is 0.0231. The van der Waals surface area contributed by atoms with E-state index in [9.17, 15) is 18.0 Å². The van der Waals surface area contributed by atoms with Gasteiger partial charge in [0.05, 0.1) is 17.1 Å². The van der Waals surface area contributed by atoms with Crippen LogP contribution in [0.25, 0.3) is 6.08 Å². The third kappa shape index (κ3) is 2.72. The Labute approximate surface area is 128 Å². The molecule has 1 unspecified atom stereocenters. The molecule has 0 aromatic carbocycles. The van der Waals surface area contributed by atoms with Crippen molar-refractivity contribution < 1.29 is 13.2 Å². The molecule has 3 rings (SSSR count). The lowest BCUT2D eigenvalue weighted by Gasteiger charge is -2.13. The van der Waals surface area contributed by atoms with Gasteiger partial charge >= 0.3 is 0 Å². The highest BCUT2D eigenvalue weighted by Crippen LogP contribution is 2.21. The van der Waals surface area contributed by atoms with Crippen LogP contribution in [0.4, 0.5) is 0 Å². The third-order valence-electron chi connectivity index (χ3n) is 4.25. The molecule has 0 saturated carbocycles. The molecule has 118 valence electrons. The maximum Gasteiger partial charge on any atom is 0.254 e. The van der Waals surface area contributed by atoms with Crippen molar-refractivity contribution in [3.63, 3.8) is 0 Å². The van der Waals surface area contributed by atoms with E-state index in [0.29, 0.717) is 36.1 Å². The van der Waals surface area contributed by atoms with Crippen LogP contribution in [-0.2, 0) is 23.3 Å². The highest BCUT2D eigenvalue weighted by Gasteiger charge is 2.28. The van der Waals surface area contributed by atoms with Crippen LogP contribution in [-0.4, -0.2) is 36.9 Å². The molecule has 1 N–H and O–H groups in total. The number of pyridine rings is 1. The zero-order valence-corrected chi connectivity index (χ0v) is 13.1. The molecule has 1 saturated heterocycles. The lowest BCUT2D eigenvalue weighted by atomic mass is 10.1. The van der Waals surface area contributed by atoms with Gasteiger partial charge in [-0.2, -0.15) is 0 Å². The largest absolute Gasteiger partial charge is 0.352 e. The van der Waals surface area contributed by atoms with Gasteiger partial charge in [0.2, 0.25) is 0 Å². The Morgan fingerprint density at radius 2 is 2.23 bits per heavy atom. The van der Waals surface area contributed by atoms with Crippen LogP contribution in [0, 0.1) is 5.92 Å². The molecule has 1 aliphatic heterocycles. The average Bonchev–Trinajstić information content (AvgIpc) is 3.07. The van der Waals surface area contributed by atoms with E-state index < -0.39 is 9.84 Å². The first-order valence-corrected chi connectivity index (χ1v) is 9.07. The molecule has 0 spiro atoms. The number of amides is 1. The molecular weight excluding hydrogens is 304 g/mol. The number of allylic oxidation sites excluding steroid dienone is 1. The summed E-state index contributed by atoms with van der Waals surface area (Å²) in [7, 11) is -1.31. The van der Waals surface area contributed by atoms with Gasteiger partial charge in [-0.05, 0) is 24.3 Å². The van der Waals surface area contributed by atoms with Gasteiger partial charge in [0.15, 0.2) is 9.84 Å². The number of aryl methyl sites for hydroxylation is 1. The second-order valence-corrected chi connectivity index (χ2v) is 8.17. The molecular formula is C15H18N2O4S. The Hall–Kier alpha value is -1.89. The predicted octanol–water partition coefficient (Wildman–Crippen LogP) is 0.119. The number of fused-ring (bicyclic) bond motifs is 1. The van der Waals surface area contributed by atoms with Crippen LogP contribution in [0.5, 0.6) is 0 Å². The first-order valence-electron chi connectivity index (χ1n) is 7.25. The minimum atomic E-state index is -2.94. The van der Waals surface area contributed by atoms with Gasteiger partial charge in [0.1, 0.15) is 0 Å². The number of sulfone groups is 1. The van der Waals surface area contributed by atoms with E-state index in [1.165, 1.54) is 10.8 Å². The van der Waals surface area contributed by atoms with Gasteiger partial charge in [-0.25, -0.2) is 8.42 Å². The number of carbonyl (C=O) groups is 1. The fourth-order valence-corrected chi connectivity index (χ4v) is 4.90. The number of aromatic nitrogens is 1. The Kier molecular flexibility index (Phi) is 3.68. The quantitative estimate of drug-likeness (QED) is 0.856. The molecule has 6 nitrogen and oxygen atoms in total.